The third kappa shape index (κ3) is 5.29. The van der Waals surface area contributed by atoms with Crippen molar-refractivity contribution in [2.24, 2.45) is 0 Å². The van der Waals surface area contributed by atoms with Gasteiger partial charge in [0.2, 0.25) is 5.91 Å². The van der Waals surface area contributed by atoms with E-state index in [0.29, 0.717) is 19.5 Å². The van der Waals surface area contributed by atoms with Crippen molar-refractivity contribution in [2.75, 3.05) is 6.54 Å². The molecule has 0 aromatic heterocycles. The normalized spacial score (nSPS) is 11.6. The summed E-state index contributed by atoms with van der Waals surface area (Å²) in [6, 6.07) is 9.76. The highest BCUT2D eigenvalue weighted by Crippen LogP contribution is 2.09. The molecule has 1 aromatic carbocycles. The van der Waals surface area contributed by atoms with Gasteiger partial charge in [-0.2, -0.15) is 5.06 Å². The summed E-state index contributed by atoms with van der Waals surface area (Å²) in [5, 5.41) is 13.7. The van der Waals surface area contributed by atoms with Gasteiger partial charge in [0, 0.05) is 25.0 Å². The molecular formula is C14H22N2O2. The van der Waals surface area contributed by atoms with Crippen molar-refractivity contribution in [1.29, 1.82) is 0 Å². The number of rotatable bonds is 5. The zero-order valence-corrected chi connectivity index (χ0v) is 11.3. The summed E-state index contributed by atoms with van der Waals surface area (Å²) in [6.45, 7) is 6.56. The molecule has 0 spiro atoms. The van der Waals surface area contributed by atoms with Crippen LogP contribution in [0.5, 0.6) is 0 Å². The van der Waals surface area contributed by atoms with E-state index in [1.165, 1.54) is 5.06 Å². The minimum atomic E-state index is -0.334. The second kappa shape index (κ2) is 6.52. The first kappa shape index (κ1) is 14.7. The van der Waals surface area contributed by atoms with Gasteiger partial charge >= 0.3 is 0 Å². The molecule has 100 valence electrons. The van der Waals surface area contributed by atoms with E-state index < -0.39 is 0 Å². The van der Waals surface area contributed by atoms with Crippen molar-refractivity contribution >= 4 is 5.91 Å². The van der Waals surface area contributed by atoms with Crippen molar-refractivity contribution in [2.45, 2.75) is 39.3 Å². The Labute approximate surface area is 109 Å². The number of hydrogen-bond donors (Lipinski definition) is 2. The summed E-state index contributed by atoms with van der Waals surface area (Å²) >= 11 is 0. The molecule has 0 radical (unpaired) electrons. The second-order valence-corrected chi connectivity index (χ2v) is 5.31. The van der Waals surface area contributed by atoms with Crippen LogP contribution in [0.25, 0.3) is 0 Å². The van der Waals surface area contributed by atoms with Gasteiger partial charge in [0.05, 0.1) is 0 Å². The van der Waals surface area contributed by atoms with E-state index in [1.807, 2.05) is 51.1 Å². The van der Waals surface area contributed by atoms with Gasteiger partial charge in [0.15, 0.2) is 0 Å². The lowest BCUT2D eigenvalue weighted by atomic mass is 10.1. The first-order valence-electron chi connectivity index (χ1n) is 6.17. The highest BCUT2D eigenvalue weighted by atomic mass is 16.5. The molecule has 0 fully saturated rings. The van der Waals surface area contributed by atoms with Crippen LogP contribution in [0.3, 0.4) is 0 Å². The highest BCUT2D eigenvalue weighted by Gasteiger charge is 2.19. The van der Waals surface area contributed by atoms with Crippen molar-refractivity contribution in [3.8, 4) is 0 Å². The molecule has 18 heavy (non-hydrogen) atoms. The van der Waals surface area contributed by atoms with Crippen LogP contribution in [0.1, 0.15) is 32.8 Å². The topological polar surface area (TPSA) is 52.6 Å². The fraction of sp³-hybridized carbons (Fsp3) is 0.500. The van der Waals surface area contributed by atoms with Gasteiger partial charge in [-0.1, -0.05) is 30.3 Å². The number of hydroxylamine groups is 2. The van der Waals surface area contributed by atoms with E-state index >= 15 is 0 Å². The zero-order valence-electron chi connectivity index (χ0n) is 11.3. The van der Waals surface area contributed by atoms with Gasteiger partial charge in [-0.05, 0) is 26.3 Å². The minimum absolute atomic E-state index is 0.0536. The first-order chi connectivity index (χ1) is 8.39. The van der Waals surface area contributed by atoms with E-state index in [4.69, 9.17) is 0 Å². The predicted molar refractivity (Wildman–Crippen MR) is 71.2 cm³/mol. The molecule has 2 N–H and O–H groups in total. The lowest BCUT2D eigenvalue weighted by molar-refractivity contribution is -0.159. The number of nitrogens with zero attached hydrogens (tertiary/aromatic N) is 1. The second-order valence-electron chi connectivity index (χ2n) is 5.31. The Balaban J connectivity index is 2.27. The Morgan fingerprint density at radius 3 is 2.44 bits per heavy atom. The Morgan fingerprint density at radius 2 is 1.89 bits per heavy atom. The fourth-order valence-electron chi connectivity index (χ4n) is 1.43. The molecule has 0 heterocycles. The maximum absolute atomic E-state index is 11.6. The van der Waals surface area contributed by atoms with E-state index in [9.17, 15) is 10.0 Å². The molecule has 1 amide bonds. The van der Waals surface area contributed by atoms with E-state index in [-0.39, 0.29) is 11.4 Å². The van der Waals surface area contributed by atoms with Gasteiger partial charge in [-0.3, -0.25) is 4.79 Å². The van der Waals surface area contributed by atoms with Crippen LogP contribution in [0.15, 0.2) is 30.3 Å². The molecule has 1 aromatic rings. The molecule has 0 atom stereocenters. The summed E-state index contributed by atoms with van der Waals surface area (Å²) in [6.07, 6.45) is 0.292. The molecular weight excluding hydrogens is 228 g/mol. The van der Waals surface area contributed by atoms with Crippen LogP contribution in [0.2, 0.25) is 0 Å². The lowest BCUT2D eigenvalue weighted by Crippen LogP contribution is -2.40. The maximum atomic E-state index is 11.6. The lowest BCUT2D eigenvalue weighted by Gasteiger charge is -2.29. The number of amides is 1. The van der Waals surface area contributed by atoms with Crippen LogP contribution in [0.4, 0.5) is 0 Å². The Hall–Kier alpha value is -1.39. The Kier molecular flexibility index (Phi) is 5.31. The van der Waals surface area contributed by atoms with Crippen molar-refractivity contribution in [3.63, 3.8) is 0 Å². The summed E-state index contributed by atoms with van der Waals surface area (Å²) in [5.41, 5.74) is 0.738. The van der Waals surface area contributed by atoms with Crippen LogP contribution < -0.4 is 5.32 Å². The number of hydrogen-bond acceptors (Lipinski definition) is 3. The Bertz CT molecular complexity index is 371. The van der Waals surface area contributed by atoms with E-state index in [2.05, 4.69) is 5.32 Å². The van der Waals surface area contributed by atoms with Gasteiger partial charge in [0.1, 0.15) is 0 Å². The van der Waals surface area contributed by atoms with Crippen molar-refractivity contribution in [1.82, 2.24) is 10.4 Å². The van der Waals surface area contributed by atoms with E-state index in [0.717, 1.165) is 5.56 Å². The third-order valence-corrected chi connectivity index (χ3v) is 2.66. The minimum Gasteiger partial charge on any atom is -0.352 e. The monoisotopic (exact) mass is 250 g/mol. The van der Waals surface area contributed by atoms with E-state index in [1.54, 1.807) is 0 Å². The molecule has 0 saturated carbocycles. The molecule has 0 bridgehead atoms. The average Bonchev–Trinajstić information content (AvgIpc) is 2.33. The molecule has 0 unspecified atom stereocenters. The summed E-state index contributed by atoms with van der Waals surface area (Å²) < 4.78 is 0. The van der Waals surface area contributed by atoms with Crippen LogP contribution >= 0.6 is 0 Å². The van der Waals surface area contributed by atoms with Gasteiger partial charge in [-0.25, -0.2) is 0 Å². The summed E-state index contributed by atoms with van der Waals surface area (Å²) in [4.78, 5) is 11.6. The van der Waals surface area contributed by atoms with Gasteiger partial charge in [-0.15, -0.1) is 0 Å². The van der Waals surface area contributed by atoms with Gasteiger partial charge < -0.3 is 10.5 Å². The third-order valence-electron chi connectivity index (χ3n) is 2.66. The molecule has 4 heteroatoms. The number of nitrogens with one attached hydrogen (secondary N) is 1. The number of carbonyl (C=O) groups excluding carboxylic acids is 1. The van der Waals surface area contributed by atoms with Crippen molar-refractivity contribution < 1.29 is 10.0 Å². The largest absolute Gasteiger partial charge is 0.352 e. The fourth-order valence-corrected chi connectivity index (χ4v) is 1.43. The first-order valence-corrected chi connectivity index (χ1v) is 6.17. The van der Waals surface area contributed by atoms with Crippen LogP contribution in [0, 0.1) is 0 Å². The standard InChI is InChI=1S/C14H22N2O2/c1-14(2,3)16(18)10-9-13(17)15-11-12-7-5-4-6-8-12/h4-8,18H,9-11H2,1-3H3,(H,15,17). The quantitative estimate of drug-likeness (QED) is 0.788. The maximum Gasteiger partial charge on any atom is 0.221 e. The molecule has 0 aliphatic carbocycles. The van der Waals surface area contributed by atoms with Crippen LogP contribution in [-0.4, -0.2) is 28.3 Å². The molecule has 0 aliphatic rings. The molecule has 0 aliphatic heterocycles. The smallest absolute Gasteiger partial charge is 0.221 e. The number of carbonyl (C=O) groups is 1. The Morgan fingerprint density at radius 1 is 1.28 bits per heavy atom. The highest BCUT2D eigenvalue weighted by molar-refractivity contribution is 5.76. The average molecular weight is 250 g/mol. The molecule has 1 rings (SSSR count). The summed E-state index contributed by atoms with van der Waals surface area (Å²) in [5.74, 6) is -0.0536. The van der Waals surface area contributed by atoms with Crippen LogP contribution in [-0.2, 0) is 11.3 Å². The molecule has 0 saturated heterocycles. The zero-order chi connectivity index (χ0) is 13.6. The summed E-state index contributed by atoms with van der Waals surface area (Å²) in [7, 11) is 0. The SMILES string of the molecule is CC(C)(C)N(O)CCC(=O)NCc1ccccc1. The number of benzene rings is 1. The predicted octanol–water partition coefficient (Wildman–Crippen LogP) is 2.18. The van der Waals surface area contributed by atoms with Gasteiger partial charge in [0.25, 0.3) is 0 Å². The van der Waals surface area contributed by atoms with Crippen molar-refractivity contribution in [3.05, 3.63) is 35.9 Å². The molecule has 4 nitrogen and oxygen atoms in total.